The van der Waals surface area contributed by atoms with E-state index in [1.165, 1.54) is 10.6 Å². The van der Waals surface area contributed by atoms with Crippen LogP contribution in [0, 0.1) is 0 Å². The Morgan fingerprint density at radius 1 is 1.43 bits per heavy atom. The number of carbonyl (C=O) groups is 1. The summed E-state index contributed by atoms with van der Waals surface area (Å²) >= 11 is 1.63. The summed E-state index contributed by atoms with van der Waals surface area (Å²) in [5, 5.41) is 9.31. The molecular weight excluding hydrogens is 292 g/mol. The molecular formula is C14H16N2O4S. The average Bonchev–Trinajstić information content (AvgIpc) is 2.45. The Hall–Kier alpha value is -2.02. The molecule has 0 aliphatic rings. The molecule has 2 rings (SSSR count). The second-order valence-corrected chi connectivity index (χ2v) is 5.75. The lowest BCUT2D eigenvalue weighted by atomic mass is 10.1. The first kappa shape index (κ1) is 15.4. The van der Waals surface area contributed by atoms with Gasteiger partial charge in [0.1, 0.15) is 0 Å². The first-order valence-electron chi connectivity index (χ1n) is 6.47. The summed E-state index contributed by atoms with van der Waals surface area (Å²) in [4.78, 5) is 37.8. The van der Waals surface area contributed by atoms with Gasteiger partial charge in [0.2, 0.25) is 0 Å². The molecule has 0 aliphatic heterocycles. The normalized spacial score (nSPS) is 12.5. The predicted molar refractivity (Wildman–Crippen MR) is 83.5 cm³/mol. The number of thioether (sulfide) groups is 1. The zero-order chi connectivity index (χ0) is 15.6. The number of aromatic amines is 1. The first-order chi connectivity index (χ1) is 9.97. The molecule has 1 heterocycles. The van der Waals surface area contributed by atoms with Gasteiger partial charge in [-0.2, -0.15) is 11.8 Å². The Bertz CT molecular complexity index is 794. The number of nitrogens with one attached hydrogen (secondary N) is 1. The standard InChI is InChI=1S/C14H16N2O4S/c1-8(6-7-21-2)16-11-9(14(19)20)4-3-5-10(11)15-12(17)13(16)18/h3-5,8H,6-7H2,1-2H3,(H,15,17)(H,19,20). The van der Waals surface area contributed by atoms with Crippen molar-refractivity contribution in [3.63, 3.8) is 0 Å². The molecule has 21 heavy (non-hydrogen) atoms. The lowest BCUT2D eigenvalue weighted by Crippen LogP contribution is -2.38. The van der Waals surface area contributed by atoms with Crippen molar-refractivity contribution in [2.24, 2.45) is 0 Å². The molecule has 0 aliphatic carbocycles. The highest BCUT2D eigenvalue weighted by Crippen LogP contribution is 2.20. The third-order valence-corrected chi connectivity index (χ3v) is 3.99. The fourth-order valence-electron chi connectivity index (χ4n) is 2.30. The molecule has 6 nitrogen and oxygen atoms in total. The SMILES string of the molecule is CSCCC(C)n1c(=O)c(=O)[nH]c2cccc(C(=O)O)c21. The topological polar surface area (TPSA) is 92.2 Å². The molecule has 7 heteroatoms. The average molecular weight is 308 g/mol. The lowest BCUT2D eigenvalue weighted by molar-refractivity contribution is 0.0698. The Morgan fingerprint density at radius 3 is 2.76 bits per heavy atom. The van der Waals surface area contributed by atoms with Gasteiger partial charge in [-0.1, -0.05) is 6.07 Å². The lowest BCUT2D eigenvalue weighted by Gasteiger charge is -2.18. The van der Waals surface area contributed by atoms with Crippen molar-refractivity contribution < 1.29 is 9.90 Å². The van der Waals surface area contributed by atoms with Crippen LogP contribution < -0.4 is 11.1 Å². The molecule has 0 spiro atoms. The molecule has 0 bridgehead atoms. The minimum absolute atomic E-state index is 0.0110. The predicted octanol–water partition coefficient (Wildman–Crippen LogP) is 1.70. The highest BCUT2D eigenvalue weighted by molar-refractivity contribution is 7.98. The summed E-state index contributed by atoms with van der Waals surface area (Å²) in [5.74, 6) is -0.310. The minimum atomic E-state index is -1.13. The molecule has 2 N–H and O–H groups in total. The van der Waals surface area contributed by atoms with E-state index in [2.05, 4.69) is 4.98 Å². The van der Waals surface area contributed by atoms with Crippen molar-refractivity contribution in [1.82, 2.24) is 9.55 Å². The van der Waals surface area contributed by atoms with Crippen molar-refractivity contribution in [2.45, 2.75) is 19.4 Å². The molecule has 112 valence electrons. The van der Waals surface area contributed by atoms with Gasteiger partial charge in [-0.25, -0.2) is 4.79 Å². The van der Waals surface area contributed by atoms with Gasteiger partial charge in [0.15, 0.2) is 0 Å². The summed E-state index contributed by atoms with van der Waals surface area (Å²) < 4.78 is 1.30. The number of hydrogen-bond donors (Lipinski definition) is 2. The van der Waals surface area contributed by atoms with Gasteiger partial charge in [-0.15, -0.1) is 0 Å². The fourth-order valence-corrected chi connectivity index (χ4v) is 2.88. The molecule has 0 radical (unpaired) electrons. The van der Waals surface area contributed by atoms with Crippen molar-refractivity contribution in [3.8, 4) is 0 Å². The van der Waals surface area contributed by atoms with E-state index in [-0.39, 0.29) is 17.1 Å². The second-order valence-electron chi connectivity index (χ2n) is 4.77. The number of carboxylic acid groups (broad SMARTS) is 1. The van der Waals surface area contributed by atoms with Crippen LogP contribution in [0.2, 0.25) is 0 Å². The van der Waals surface area contributed by atoms with Gasteiger partial charge in [0, 0.05) is 6.04 Å². The van der Waals surface area contributed by atoms with E-state index in [1.807, 2.05) is 13.2 Å². The van der Waals surface area contributed by atoms with E-state index in [0.29, 0.717) is 11.9 Å². The van der Waals surface area contributed by atoms with Gasteiger partial charge in [-0.05, 0) is 37.5 Å². The van der Waals surface area contributed by atoms with Gasteiger partial charge >= 0.3 is 17.1 Å². The minimum Gasteiger partial charge on any atom is -0.478 e. The molecule has 2 aromatic rings. The number of aromatic carboxylic acids is 1. The number of para-hydroxylation sites is 1. The summed E-state index contributed by atoms with van der Waals surface area (Å²) in [6.45, 7) is 1.81. The number of aromatic nitrogens is 2. The number of rotatable bonds is 5. The highest BCUT2D eigenvalue weighted by atomic mass is 32.2. The number of fused-ring (bicyclic) bond motifs is 1. The van der Waals surface area contributed by atoms with Gasteiger partial charge in [0.25, 0.3) is 0 Å². The van der Waals surface area contributed by atoms with Gasteiger partial charge in [0.05, 0.1) is 16.6 Å². The molecule has 0 fully saturated rings. The van der Waals surface area contributed by atoms with Crippen LogP contribution in [0.5, 0.6) is 0 Å². The van der Waals surface area contributed by atoms with Crippen LogP contribution in [-0.2, 0) is 0 Å². The summed E-state index contributed by atoms with van der Waals surface area (Å²) in [6, 6.07) is 4.32. The molecule has 1 aromatic heterocycles. The quantitative estimate of drug-likeness (QED) is 0.820. The molecule has 1 atom stereocenters. The van der Waals surface area contributed by atoms with Crippen molar-refractivity contribution in [3.05, 3.63) is 44.5 Å². The van der Waals surface area contributed by atoms with Gasteiger partial charge < -0.3 is 10.1 Å². The second kappa shape index (κ2) is 6.17. The number of H-pyrrole nitrogens is 1. The van der Waals surface area contributed by atoms with Crippen molar-refractivity contribution in [1.29, 1.82) is 0 Å². The zero-order valence-corrected chi connectivity index (χ0v) is 12.6. The monoisotopic (exact) mass is 308 g/mol. The van der Waals surface area contributed by atoms with E-state index in [0.717, 1.165) is 5.75 Å². The largest absolute Gasteiger partial charge is 0.478 e. The van der Waals surface area contributed by atoms with Crippen LogP contribution in [0.25, 0.3) is 11.0 Å². The maximum Gasteiger partial charge on any atom is 0.337 e. The van der Waals surface area contributed by atoms with Crippen molar-refractivity contribution in [2.75, 3.05) is 12.0 Å². The summed E-state index contributed by atoms with van der Waals surface area (Å²) in [6.07, 6.45) is 2.63. The number of nitrogens with zero attached hydrogens (tertiary/aromatic N) is 1. The summed E-state index contributed by atoms with van der Waals surface area (Å²) in [5.41, 5.74) is -0.818. The number of hydrogen-bond acceptors (Lipinski definition) is 4. The Kier molecular flexibility index (Phi) is 4.52. The maximum absolute atomic E-state index is 12.2. The van der Waals surface area contributed by atoms with Crippen LogP contribution >= 0.6 is 11.8 Å². The first-order valence-corrected chi connectivity index (χ1v) is 7.86. The van der Waals surface area contributed by atoms with Gasteiger partial charge in [-0.3, -0.25) is 14.2 Å². The Labute approximate surface area is 124 Å². The smallest absolute Gasteiger partial charge is 0.337 e. The van der Waals surface area contributed by atoms with E-state index in [1.54, 1.807) is 23.9 Å². The molecule has 0 saturated carbocycles. The zero-order valence-electron chi connectivity index (χ0n) is 11.8. The van der Waals surface area contributed by atoms with E-state index < -0.39 is 17.1 Å². The van der Waals surface area contributed by atoms with E-state index >= 15 is 0 Å². The van der Waals surface area contributed by atoms with Crippen LogP contribution in [0.4, 0.5) is 0 Å². The van der Waals surface area contributed by atoms with Crippen LogP contribution in [0.15, 0.2) is 27.8 Å². The Balaban J connectivity index is 2.82. The Morgan fingerprint density at radius 2 is 2.14 bits per heavy atom. The van der Waals surface area contributed by atoms with Crippen LogP contribution in [-0.4, -0.2) is 32.6 Å². The molecule has 1 aromatic carbocycles. The maximum atomic E-state index is 12.2. The van der Waals surface area contributed by atoms with E-state index in [9.17, 15) is 19.5 Å². The summed E-state index contributed by atoms with van der Waals surface area (Å²) in [7, 11) is 0. The molecule has 0 saturated heterocycles. The number of benzene rings is 1. The molecule has 1 unspecified atom stereocenters. The van der Waals surface area contributed by atoms with E-state index in [4.69, 9.17) is 0 Å². The highest BCUT2D eigenvalue weighted by Gasteiger charge is 2.18. The van der Waals surface area contributed by atoms with Crippen LogP contribution in [0.3, 0.4) is 0 Å². The molecule has 0 amide bonds. The van der Waals surface area contributed by atoms with Crippen LogP contribution in [0.1, 0.15) is 29.7 Å². The fraction of sp³-hybridized carbons (Fsp3) is 0.357. The number of carboxylic acids is 1. The third kappa shape index (κ3) is 2.87. The van der Waals surface area contributed by atoms with Crippen molar-refractivity contribution >= 4 is 28.8 Å². The third-order valence-electron chi connectivity index (χ3n) is 3.35.